The van der Waals surface area contributed by atoms with E-state index >= 15 is 0 Å². The van der Waals surface area contributed by atoms with Gasteiger partial charge >= 0.3 is 6.18 Å². The molecule has 0 aliphatic rings. The van der Waals surface area contributed by atoms with Crippen molar-refractivity contribution in [3.8, 4) is 0 Å². The maximum atomic E-state index is 10.5. The monoisotopic (exact) mass is 208 g/mol. The lowest BCUT2D eigenvalue weighted by Crippen LogP contribution is -2.37. The minimum Gasteiger partial charge on any atom is -0.748 e. The molecule has 0 N–H and O–H groups in total. The molecule has 0 aliphatic heterocycles. The highest BCUT2D eigenvalue weighted by molar-refractivity contribution is 7.84. The van der Waals surface area contributed by atoms with E-state index in [2.05, 4.69) is 0 Å². The molecular weight excluding hydrogens is 205 g/mol. The maximum Gasteiger partial charge on any atom is 0.430 e. The van der Waals surface area contributed by atoms with Gasteiger partial charge in [0, 0.05) is 6.26 Å². The lowest BCUT2D eigenvalue weighted by Gasteiger charge is -2.03. The van der Waals surface area contributed by atoms with Crippen LogP contribution in [0.5, 0.6) is 0 Å². The average Bonchev–Trinajstić information content (AvgIpc) is 1.55. The molecule has 0 unspecified atom stereocenters. The van der Waals surface area contributed by atoms with E-state index in [1.54, 1.807) is 0 Å². The SMILES string of the molecule is CS(=O)(=O)[O-].O=C([O-])C(F)(F)F. The molecule has 5 nitrogen and oxygen atoms in total. The third-order valence-electron chi connectivity index (χ3n) is 0.231. The van der Waals surface area contributed by atoms with Gasteiger partial charge in [-0.3, -0.25) is 0 Å². The number of alkyl halides is 3. The van der Waals surface area contributed by atoms with E-state index in [-0.39, 0.29) is 0 Å². The van der Waals surface area contributed by atoms with Crippen molar-refractivity contribution in [2.45, 2.75) is 6.18 Å². The Hall–Kier alpha value is -0.830. The van der Waals surface area contributed by atoms with E-state index in [1.807, 2.05) is 0 Å². The molecule has 0 rings (SSSR count). The fraction of sp³-hybridized carbons (Fsp3) is 0.667. The lowest BCUT2D eigenvalue weighted by molar-refractivity contribution is -0.344. The van der Waals surface area contributed by atoms with Gasteiger partial charge < -0.3 is 14.5 Å². The average molecular weight is 208 g/mol. The highest BCUT2D eigenvalue weighted by atomic mass is 32.2. The Labute approximate surface area is 65.6 Å². The summed E-state index contributed by atoms with van der Waals surface area (Å²) in [6.07, 6.45) is -4.59. The Kier molecular flexibility index (Phi) is 4.88. The highest BCUT2D eigenvalue weighted by Crippen LogP contribution is 2.11. The molecule has 0 fully saturated rings. The van der Waals surface area contributed by atoms with Gasteiger partial charge in [-0.2, -0.15) is 13.2 Å². The Morgan fingerprint density at radius 1 is 1.33 bits per heavy atom. The van der Waals surface area contributed by atoms with Gasteiger partial charge in [0.15, 0.2) is 0 Å². The van der Waals surface area contributed by atoms with Crippen molar-refractivity contribution < 1.29 is 36.0 Å². The zero-order chi connectivity index (χ0) is 10.6. The number of rotatable bonds is 0. The summed E-state index contributed by atoms with van der Waals surface area (Å²) in [5.74, 6) is -3.01. The normalized spacial score (nSPS) is 11.4. The number of halogens is 3. The van der Waals surface area contributed by atoms with Gasteiger partial charge in [-0.25, -0.2) is 8.42 Å². The molecule has 9 heteroatoms. The molecule has 0 aromatic rings. The van der Waals surface area contributed by atoms with E-state index in [4.69, 9.17) is 22.9 Å². The van der Waals surface area contributed by atoms with Crippen molar-refractivity contribution in [1.29, 1.82) is 0 Å². The predicted molar refractivity (Wildman–Crippen MR) is 26.7 cm³/mol. The number of carboxylic acids is 1. The first-order chi connectivity index (χ1) is 4.94. The van der Waals surface area contributed by atoms with Crippen LogP contribution in [0.2, 0.25) is 0 Å². The van der Waals surface area contributed by atoms with Crippen LogP contribution in [0.3, 0.4) is 0 Å². The second-order valence-corrected chi connectivity index (χ2v) is 2.90. The molecule has 0 amide bonds. The molecule has 0 heterocycles. The van der Waals surface area contributed by atoms with Crippen LogP contribution in [0.4, 0.5) is 13.2 Å². The van der Waals surface area contributed by atoms with Gasteiger partial charge in [0.1, 0.15) is 5.97 Å². The van der Waals surface area contributed by atoms with Crippen LogP contribution >= 0.6 is 0 Å². The summed E-state index contributed by atoms with van der Waals surface area (Å²) in [6, 6.07) is 0. The molecule has 0 radical (unpaired) electrons. The van der Waals surface area contributed by atoms with Crippen molar-refractivity contribution in [1.82, 2.24) is 0 Å². The largest absolute Gasteiger partial charge is 0.748 e. The smallest absolute Gasteiger partial charge is 0.430 e. The van der Waals surface area contributed by atoms with Crippen LogP contribution in [0, 0.1) is 0 Å². The molecule has 0 bridgehead atoms. The van der Waals surface area contributed by atoms with E-state index in [0.717, 1.165) is 0 Å². The Morgan fingerprint density at radius 3 is 1.42 bits per heavy atom. The first-order valence-electron chi connectivity index (χ1n) is 2.13. The minimum absolute atomic E-state index is 0.604. The Morgan fingerprint density at radius 2 is 1.42 bits per heavy atom. The fourth-order valence-corrected chi connectivity index (χ4v) is 0. The molecule has 0 aromatic carbocycles. The van der Waals surface area contributed by atoms with Crippen LogP contribution in [-0.2, 0) is 14.9 Å². The molecule has 0 aliphatic carbocycles. The number of aliphatic carboxylic acids is 1. The van der Waals surface area contributed by atoms with E-state index < -0.39 is 22.3 Å². The molecule has 0 aromatic heterocycles. The molecule has 0 atom stereocenters. The van der Waals surface area contributed by atoms with Crippen LogP contribution in [-0.4, -0.2) is 31.4 Å². The second kappa shape index (κ2) is 4.26. The molecular formula is C3H3F3O5S-2. The number of hydrogen-bond donors (Lipinski definition) is 0. The molecule has 0 saturated carbocycles. The summed E-state index contributed by atoms with van der Waals surface area (Å²) < 4.78 is 58.8. The van der Waals surface area contributed by atoms with Gasteiger partial charge in [-0.1, -0.05) is 0 Å². The lowest BCUT2D eigenvalue weighted by atomic mass is 10.7. The third-order valence-corrected chi connectivity index (χ3v) is 0.231. The quantitative estimate of drug-likeness (QED) is 0.449. The van der Waals surface area contributed by atoms with Crippen LogP contribution in [0.15, 0.2) is 0 Å². The fourth-order valence-electron chi connectivity index (χ4n) is 0. The molecule has 74 valence electrons. The second-order valence-electron chi connectivity index (χ2n) is 1.49. The summed E-state index contributed by atoms with van der Waals surface area (Å²) >= 11 is 0. The summed E-state index contributed by atoms with van der Waals surface area (Å²) in [4.78, 5) is 8.78. The van der Waals surface area contributed by atoms with Gasteiger partial charge in [-0.05, 0) is 0 Å². The first-order valence-corrected chi connectivity index (χ1v) is 3.95. The van der Waals surface area contributed by atoms with Crippen LogP contribution in [0.25, 0.3) is 0 Å². The van der Waals surface area contributed by atoms with Crippen molar-refractivity contribution in [3.05, 3.63) is 0 Å². The van der Waals surface area contributed by atoms with Gasteiger partial charge in [0.2, 0.25) is 0 Å². The topological polar surface area (TPSA) is 97.3 Å². The number of carboxylic acid groups (broad SMARTS) is 1. The first kappa shape index (κ1) is 13.7. The Balaban J connectivity index is 0. The van der Waals surface area contributed by atoms with Gasteiger partial charge in [0.25, 0.3) is 0 Å². The van der Waals surface area contributed by atoms with Crippen molar-refractivity contribution in [2.24, 2.45) is 0 Å². The zero-order valence-electron chi connectivity index (χ0n) is 5.58. The van der Waals surface area contributed by atoms with Crippen molar-refractivity contribution >= 4 is 16.1 Å². The van der Waals surface area contributed by atoms with E-state index in [0.29, 0.717) is 6.26 Å². The van der Waals surface area contributed by atoms with Crippen molar-refractivity contribution in [3.63, 3.8) is 0 Å². The number of carbonyl (C=O) groups is 1. The van der Waals surface area contributed by atoms with Gasteiger partial charge in [-0.15, -0.1) is 0 Å². The van der Waals surface area contributed by atoms with Crippen molar-refractivity contribution in [2.75, 3.05) is 6.26 Å². The summed E-state index contributed by atoms with van der Waals surface area (Å²) in [5, 5.41) is 8.78. The van der Waals surface area contributed by atoms with Crippen LogP contribution in [0.1, 0.15) is 0 Å². The summed E-state index contributed by atoms with van der Waals surface area (Å²) in [6.45, 7) is 0. The number of hydrogen-bond acceptors (Lipinski definition) is 5. The zero-order valence-corrected chi connectivity index (χ0v) is 6.40. The minimum atomic E-state index is -5.19. The van der Waals surface area contributed by atoms with E-state index in [9.17, 15) is 13.2 Å². The molecule has 12 heavy (non-hydrogen) atoms. The third kappa shape index (κ3) is 22.9. The number of carbonyl (C=O) groups excluding carboxylic acids is 1. The molecule has 0 spiro atoms. The highest BCUT2D eigenvalue weighted by Gasteiger charge is 2.28. The summed E-state index contributed by atoms with van der Waals surface area (Å²) in [7, 11) is -3.92. The maximum absolute atomic E-state index is 10.5. The van der Waals surface area contributed by atoms with Crippen LogP contribution < -0.4 is 5.11 Å². The van der Waals surface area contributed by atoms with Gasteiger partial charge in [0.05, 0.1) is 10.1 Å². The predicted octanol–water partition coefficient (Wildman–Crippen LogP) is -1.54. The summed E-state index contributed by atoms with van der Waals surface area (Å²) in [5.41, 5.74) is 0. The Bertz CT molecular complexity index is 231. The standard InChI is InChI=1S/C2HF3O2.CH4O3S/c3-2(4,5)1(6)7;1-5(2,3)4/h(H,6,7);1H3,(H,2,3,4)/p-2. The molecule has 0 saturated heterocycles. The van der Waals surface area contributed by atoms with E-state index in [1.165, 1.54) is 0 Å².